The lowest BCUT2D eigenvalue weighted by Crippen LogP contribution is -2.52. The number of carbonyl (C=O) groups is 2. The minimum Gasteiger partial charge on any atom is -0.475 e. The Morgan fingerprint density at radius 1 is 1.29 bits per heavy atom. The maximum absolute atomic E-state index is 12.4. The second-order valence-electron chi connectivity index (χ2n) is 8.26. The van der Waals surface area contributed by atoms with E-state index in [0.717, 1.165) is 71.4 Å². The van der Waals surface area contributed by atoms with Crippen molar-refractivity contribution in [2.75, 3.05) is 32.8 Å². The van der Waals surface area contributed by atoms with E-state index in [1.807, 2.05) is 4.90 Å². The van der Waals surface area contributed by atoms with Crippen molar-refractivity contribution in [2.45, 2.75) is 56.5 Å². The number of nitrogens with one attached hydrogen (secondary N) is 1. The molecule has 2 amide bonds. The molecule has 7 nitrogen and oxygen atoms in total. The van der Waals surface area contributed by atoms with Crippen LogP contribution in [-0.4, -0.2) is 77.5 Å². The first-order valence-electron chi connectivity index (χ1n) is 10.4. The highest BCUT2D eigenvalue weighted by Gasteiger charge is 2.43. The van der Waals surface area contributed by atoms with Crippen LogP contribution in [0.15, 0.2) is 16.8 Å². The van der Waals surface area contributed by atoms with Crippen molar-refractivity contribution in [3.05, 3.63) is 22.4 Å². The van der Waals surface area contributed by atoms with E-state index in [-0.39, 0.29) is 17.7 Å². The molecular weight excluding hydrogens is 435 g/mol. The summed E-state index contributed by atoms with van der Waals surface area (Å²) < 4.78 is 37.9. The number of nitrogens with zero attached hydrogens (tertiary/aromatic N) is 2. The average Bonchev–Trinajstić information content (AvgIpc) is 3.45. The van der Waals surface area contributed by atoms with Crippen molar-refractivity contribution < 1.29 is 32.6 Å². The number of hydrogen-bond acceptors (Lipinski definition) is 5. The van der Waals surface area contributed by atoms with Gasteiger partial charge in [-0.05, 0) is 54.5 Å². The van der Waals surface area contributed by atoms with Gasteiger partial charge in [0.2, 0.25) is 0 Å². The van der Waals surface area contributed by atoms with Crippen LogP contribution in [0.1, 0.15) is 37.7 Å². The summed E-state index contributed by atoms with van der Waals surface area (Å²) in [5, 5.41) is 14.8. The largest absolute Gasteiger partial charge is 0.490 e. The SMILES string of the molecule is O=C(N[C@H]1CCO[C@]2(CCN(Cc3ccsc3)C2)C1)N1CCCC1.O=C(O)C(F)(F)F. The number of ether oxygens (including phenoxy) is 1. The fraction of sp³-hybridized carbons (Fsp3) is 0.700. The van der Waals surface area contributed by atoms with Gasteiger partial charge in [0.15, 0.2) is 0 Å². The molecule has 1 spiro atoms. The minimum absolute atomic E-state index is 0.0583. The summed E-state index contributed by atoms with van der Waals surface area (Å²) >= 11 is 1.76. The lowest BCUT2D eigenvalue weighted by atomic mass is 9.89. The van der Waals surface area contributed by atoms with Gasteiger partial charge in [0, 0.05) is 45.4 Å². The monoisotopic (exact) mass is 463 g/mol. The van der Waals surface area contributed by atoms with Gasteiger partial charge in [-0.1, -0.05) is 0 Å². The second-order valence-corrected chi connectivity index (χ2v) is 9.04. The summed E-state index contributed by atoms with van der Waals surface area (Å²) in [6.45, 7) is 5.67. The van der Waals surface area contributed by atoms with Crippen LogP contribution in [0.3, 0.4) is 0 Å². The quantitative estimate of drug-likeness (QED) is 0.719. The molecule has 0 saturated carbocycles. The van der Waals surface area contributed by atoms with Crippen molar-refractivity contribution in [2.24, 2.45) is 0 Å². The van der Waals surface area contributed by atoms with Gasteiger partial charge in [0.05, 0.1) is 5.60 Å². The molecule has 0 bridgehead atoms. The van der Waals surface area contributed by atoms with Gasteiger partial charge in [0.25, 0.3) is 0 Å². The molecule has 0 aliphatic carbocycles. The Kier molecular flexibility index (Phi) is 7.82. The second kappa shape index (κ2) is 10.2. The summed E-state index contributed by atoms with van der Waals surface area (Å²) in [7, 11) is 0. The molecule has 1 aromatic heterocycles. The van der Waals surface area contributed by atoms with E-state index in [1.54, 1.807) is 11.3 Å². The average molecular weight is 464 g/mol. The number of likely N-dealkylation sites (tertiary alicyclic amines) is 2. The predicted octanol–water partition coefficient (Wildman–Crippen LogP) is 3.31. The van der Waals surface area contributed by atoms with Crippen LogP contribution in [-0.2, 0) is 16.1 Å². The zero-order chi connectivity index (χ0) is 22.5. The molecule has 11 heteroatoms. The van der Waals surface area contributed by atoms with Gasteiger partial charge in [-0.15, -0.1) is 0 Å². The molecule has 3 aliphatic rings. The number of carbonyl (C=O) groups excluding carboxylic acids is 1. The Bertz CT molecular complexity index is 741. The molecule has 4 heterocycles. The number of carboxylic acid groups (broad SMARTS) is 1. The summed E-state index contributed by atoms with van der Waals surface area (Å²) in [6, 6.07) is 2.59. The number of amides is 2. The fourth-order valence-electron chi connectivity index (χ4n) is 4.32. The van der Waals surface area contributed by atoms with Crippen molar-refractivity contribution in [3.63, 3.8) is 0 Å². The Morgan fingerprint density at radius 3 is 2.61 bits per heavy atom. The van der Waals surface area contributed by atoms with Crippen LogP contribution in [0, 0.1) is 0 Å². The van der Waals surface area contributed by atoms with Crippen LogP contribution >= 0.6 is 11.3 Å². The lowest BCUT2D eigenvalue weighted by molar-refractivity contribution is -0.192. The summed E-state index contributed by atoms with van der Waals surface area (Å²) in [4.78, 5) is 25.7. The molecule has 3 saturated heterocycles. The standard InChI is InChI=1S/C18H27N3O2S.C2HF3O2/c22-17(21-6-1-2-7-21)19-16-3-9-23-18(11-16)5-8-20(14-18)12-15-4-10-24-13-15;3-2(4,5)1(6)7/h4,10,13,16H,1-3,5-9,11-12,14H2,(H,19,22);(H,6,7)/t16-,18+;/m0./s1. The summed E-state index contributed by atoms with van der Waals surface area (Å²) in [5.41, 5.74) is 1.34. The maximum Gasteiger partial charge on any atom is 0.490 e. The van der Waals surface area contributed by atoms with Crippen molar-refractivity contribution in [1.82, 2.24) is 15.1 Å². The molecule has 31 heavy (non-hydrogen) atoms. The molecule has 2 atom stereocenters. The third-order valence-corrected chi connectivity index (χ3v) is 6.57. The van der Waals surface area contributed by atoms with E-state index in [1.165, 1.54) is 5.56 Å². The number of alkyl halides is 3. The van der Waals surface area contributed by atoms with Gasteiger partial charge in [-0.2, -0.15) is 24.5 Å². The van der Waals surface area contributed by atoms with Crippen LogP contribution in [0.4, 0.5) is 18.0 Å². The number of urea groups is 1. The number of carboxylic acids is 1. The van der Waals surface area contributed by atoms with Crippen molar-refractivity contribution >= 4 is 23.3 Å². The Labute approximate surface area is 183 Å². The Morgan fingerprint density at radius 2 is 2.00 bits per heavy atom. The third kappa shape index (κ3) is 6.81. The number of thiophene rings is 1. The third-order valence-electron chi connectivity index (χ3n) is 5.84. The van der Waals surface area contributed by atoms with E-state index in [9.17, 15) is 18.0 Å². The van der Waals surface area contributed by atoms with Crippen LogP contribution in [0.25, 0.3) is 0 Å². The summed E-state index contributed by atoms with van der Waals surface area (Å²) in [5.74, 6) is -2.76. The van der Waals surface area contributed by atoms with E-state index in [2.05, 4.69) is 27.0 Å². The van der Waals surface area contributed by atoms with Crippen molar-refractivity contribution in [3.8, 4) is 0 Å². The molecule has 0 radical (unpaired) electrons. The van der Waals surface area contributed by atoms with Gasteiger partial charge in [-0.25, -0.2) is 9.59 Å². The van der Waals surface area contributed by atoms with E-state index < -0.39 is 12.1 Å². The lowest BCUT2D eigenvalue weighted by Gasteiger charge is -2.39. The highest BCUT2D eigenvalue weighted by atomic mass is 32.1. The predicted molar refractivity (Wildman–Crippen MR) is 109 cm³/mol. The molecule has 1 aromatic rings. The van der Waals surface area contributed by atoms with Gasteiger partial charge < -0.3 is 20.1 Å². The van der Waals surface area contributed by atoms with E-state index >= 15 is 0 Å². The molecule has 0 aromatic carbocycles. The highest BCUT2D eigenvalue weighted by Crippen LogP contribution is 2.35. The van der Waals surface area contributed by atoms with Crippen LogP contribution in [0.2, 0.25) is 0 Å². The number of rotatable bonds is 3. The molecule has 2 N–H and O–H groups in total. The maximum atomic E-state index is 12.4. The van der Waals surface area contributed by atoms with Crippen LogP contribution in [0.5, 0.6) is 0 Å². The van der Waals surface area contributed by atoms with Gasteiger partial charge in [0.1, 0.15) is 0 Å². The van der Waals surface area contributed by atoms with Crippen molar-refractivity contribution in [1.29, 1.82) is 0 Å². The minimum atomic E-state index is -5.08. The molecule has 174 valence electrons. The zero-order valence-electron chi connectivity index (χ0n) is 17.2. The van der Waals surface area contributed by atoms with E-state index in [4.69, 9.17) is 14.6 Å². The first-order chi connectivity index (χ1) is 14.7. The van der Waals surface area contributed by atoms with Gasteiger partial charge >= 0.3 is 18.2 Å². The topological polar surface area (TPSA) is 82.1 Å². The van der Waals surface area contributed by atoms with E-state index in [0.29, 0.717) is 0 Å². The summed E-state index contributed by atoms with van der Waals surface area (Å²) in [6.07, 6.45) is 0.164. The number of hydrogen-bond donors (Lipinski definition) is 2. The Hall–Kier alpha value is -1.85. The molecule has 4 rings (SSSR count). The smallest absolute Gasteiger partial charge is 0.475 e. The number of halogens is 3. The highest BCUT2D eigenvalue weighted by molar-refractivity contribution is 7.07. The first kappa shape index (κ1) is 23.8. The fourth-order valence-corrected chi connectivity index (χ4v) is 4.98. The molecule has 0 unspecified atom stereocenters. The molecule has 3 aliphatic heterocycles. The molecule has 3 fully saturated rings. The normalized spacial score (nSPS) is 26.5. The number of aliphatic carboxylic acids is 1. The zero-order valence-corrected chi connectivity index (χ0v) is 18.0. The molecular formula is C20H28F3N3O4S. The van der Waals surface area contributed by atoms with Crippen LogP contribution < -0.4 is 5.32 Å². The Balaban J connectivity index is 0.000000339. The van der Waals surface area contributed by atoms with Gasteiger partial charge in [-0.3, -0.25) is 4.90 Å². The first-order valence-corrected chi connectivity index (χ1v) is 11.3.